The Morgan fingerprint density at radius 2 is 1.95 bits per heavy atom. The first-order valence-corrected chi connectivity index (χ1v) is 7.51. The number of ether oxygens (including phenoxy) is 3. The number of cyclic esters (lactones) is 1. The Morgan fingerprint density at radius 3 is 2.55 bits per heavy atom. The predicted octanol–water partition coefficient (Wildman–Crippen LogP) is 3.46. The summed E-state index contributed by atoms with van der Waals surface area (Å²) >= 11 is 0. The lowest BCUT2D eigenvalue weighted by molar-refractivity contribution is -0.164. The Kier molecular flexibility index (Phi) is 5.24. The molecule has 120 valence electrons. The van der Waals surface area contributed by atoms with E-state index < -0.39 is 0 Å². The van der Waals surface area contributed by atoms with E-state index in [1.807, 2.05) is 30.3 Å². The van der Waals surface area contributed by atoms with Crippen molar-refractivity contribution in [3.63, 3.8) is 0 Å². The molecule has 1 aliphatic heterocycles. The summed E-state index contributed by atoms with van der Waals surface area (Å²) in [4.78, 5) is 11.7. The maximum Gasteiger partial charge on any atom is 0.334 e. The quantitative estimate of drug-likeness (QED) is 0.781. The average molecular weight is 304 g/mol. The lowest BCUT2D eigenvalue weighted by Gasteiger charge is -2.37. The molecule has 0 amide bonds. The number of hydrogen-bond acceptors (Lipinski definition) is 4. The maximum absolute atomic E-state index is 11.7. The molecule has 0 spiro atoms. The van der Waals surface area contributed by atoms with Crippen molar-refractivity contribution in [3.8, 4) is 0 Å². The highest BCUT2D eigenvalue weighted by atomic mass is 16.6. The minimum atomic E-state index is -0.370. The van der Waals surface area contributed by atoms with Gasteiger partial charge in [0.1, 0.15) is 18.0 Å². The highest BCUT2D eigenvalue weighted by molar-refractivity contribution is 5.83. The zero-order valence-electron chi connectivity index (χ0n) is 13.7. The Morgan fingerprint density at radius 1 is 1.27 bits per heavy atom. The van der Waals surface area contributed by atoms with Crippen LogP contribution in [0.25, 0.3) is 0 Å². The average Bonchev–Trinajstić information content (AvgIpc) is 2.46. The molecule has 1 heterocycles. The molecule has 0 N–H and O–H groups in total. The molecule has 1 aromatic carbocycles. The van der Waals surface area contributed by atoms with Crippen LogP contribution in [0.2, 0.25) is 0 Å². The number of benzene rings is 1. The monoisotopic (exact) mass is 304 g/mol. The minimum absolute atomic E-state index is 0.157. The molecule has 4 nitrogen and oxygen atoms in total. The predicted molar refractivity (Wildman–Crippen MR) is 84.1 cm³/mol. The van der Waals surface area contributed by atoms with E-state index in [-0.39, 0.29) is 23.6 Å². The molecule has 1 aliphatic rings. The van der Waals surface area contributed by atoms with E-state index in [1.54, 1.807) is 7.11 Å². The number of rotatable bonds is 5. The van der Waals surface area contributed by atoms with Crippen LogP contribution in [0.15, 0.2) is 42.2 Å². The summed E-state index contributed by atoms with van der Waals surface area (Å²) in [5, 5.41) is 0. The second-order valence-electron chi connectivity index (χ2n) is 6.58. The van der Waals surface area contributed by atoms with Crippen molar-refractivity contribution in [1.29, 1.82) is 0 Å². The van der Waals surface area contributed by atoms with Gasteiger partial charge in [-0.3, -0.25) is 0 Å². The van der Waals surface area contributed by atoms with Crippen LogP contribution in [-0.2, 0) is 25.6 Å². The van der Waals surface area contributed by atoms with Gasteiger partial charge in [-0.2, -0.15) is 0 Å². The van der Waals surface area contributed by atoms with Crippen LogP contribution in [0.5, 0.6) is 0 Å². The molecule has 0 bridgehead atoms. The number of carbonyl (C=O) groups is 1. The largest absolute Gasteiger partial charge is 0.501 e. The van der Waals surface area contributed by atoms with Crippen molar-refractivity contribution < 1.29 is 19.0 Å². The third-order valence-corrected chi connectivity index (χ3v) is 3.67. The van der Waals surface area contributed by atoms with Crippen LogP contribution < -0.4 is 0 Å². The van der Waals surface area contributed by atoms with E-state index in [0.29, 0.717) is 18.8 Å². The summed E-state index contributed by atoms with van der Waals surface area (Å²) in [5.74, 6) is 0.268. The summed E-state index contributed by atoms with van der Waals surface area (Å²) in [6.45, 7) is 6.74. The number of methoxy groups -OCH3 is 1. The van der Waals surface area contributed by atoms with Gasteiger partial charge in [-0.15, -0.1) is 0 Å². The Balaban J connectivity index is 2.10. The molecule has 0 saturated heterocycles. The Bertz CT molecular complexity index is 528. The Hall–Kier alpha value is -1.81. The molecule has 0 aromatic heterocycles. The van der Waals surface area contributed by atoms with Gasteiger partial charge in [-0.05, 0) is 11.0 Å². The van der Waals surface area contributed by atoms with Crippen molar-refractivity contribution in [3.05, 3.63) is 47.7 Å². The van der Waals surface area contributed by atoms with Crippen molar-refractivity contribution in [1.82, 2.24) is 0 Å². The van der Waals surface area contributed by atoms with Crippen LogP contribution in [0.4, 0.5) is 0 Å². The van der Waals surface area contributed by atoms with Crippen LogP contribution >= 0.6 is 0 Å². The SMILES string of the molecule is COC1=CC(=O)O[C@H]([C@@H](OCc2ccccc2)C(C)(C)C)C1. The lowest BCUT2D eigenvalue weighted by atomic mass is 9.83. The fraction of sp³-hybridized carbons (Fsp3) is 0.500. The third kappa shape index (κ3) is 4.34. The summed E-state index contributed by atoms with van der Waals surface area (Å²) in [5.41, 5.74) is 0.942. The van der Waals surface area contributed by atoms with E-state index in [2.05, 4.69) is 20.8 Å². The summed E-state index contributed by atoms with van der Waals surface area (Å²) in [7, 11) is 1.57. The number of carbonyl (C=O) groups excluding carboxylic acids is 1. The molecule has 2 atom stereocenters. The first-order valence-electron chi connectivity index (χ1n) is 7.51. The zero-order chi connectivity index (χ0) is 16.2. The highest BCUT2D eigenvalue weighted by Crippen LogP contribution is 2.32. The third-order valence-electron chi connectivity index (χ3n) is 3.67. The summed E-state index contributed by atoms with van der Waals surface area (Å²) in [6, 6.07) is 9.98. The van der Waals surface area contributed by atoms with E-state index in [1.165, 1.54) is 6.08 Å². The van der Waals surface area contributed by atoms with Gasteiger partial charge in [0.05, 0.1) is 19.8 Å². The maximum atomic E-state index is 11.7. The number of esters is 1. The van der Waals surface area contributed by atoms with Crippen molar-refractivity contribution in [2.24, 2.45) is 5.41 Å². The molecule has 4 heteroatoms. The van der Waals surface area contributed by atoms with Gasteiger partial charge < -0.3 is 14.2 Å². The minimum Gasteiger partial charge on any atom is -0.501 e. The lowest BCUT2D eigenvalue weighted by Crippen LogP contribution is -2.44. The van der Waals surface area contributed by atoms with Gasteiger partial charge in [0.15, 0.2) is 0 Å². The van der Waals surface area contributed by atoms with Gasteiger partial charge in [0.25, 0.3) is 0 Å². The van der Waals surface area contributed by atoms with E-state index in [9.17, 15) is 4.79 Å². The van der Waals surface area contributed by atoms with E-state index in [4.69, 9.17) is 14.2 Å². The summed E-state index contributed by atoms with van der Waals surface area (Å²) in [6.07, 6.45) is 1.39. The summed E-state index contributed by atoms with van der Waals surface area (Å²) < 4.78 is 16.8. The molecule has 0 fully saturated rings. The number of hydrogen-bond donors (Lipinski definition) is 0. The fourth-order valence-electron chi connectivity index (χ4n) is 2.60. The van der Waals surface area contributed by atoms with Crippen LogP contribution in [0.3, 0.4) is 0 Å². The van der Waals surface area contributed by atoms with Gasteiger partial charge in [-0.25, -0.2) is 4.79 Å². The fourth-order valence-corrected chi connectivity index (χ4v) is 2.60. The van der Waals surface area contributed by atoms with Crippen LogP contribution in [0.1, 0.15) is 32.8 Å². The molecule has 2 rings (SSSR count). The second-order valence-corrected chi connectivity index (χ2v) is 6.58. The first-order chi connectivity index (χ1) is 10.4. The molecule has 0 aliphatic carbocycles. The van der Waals surface area contributed by atoms with Crippen molar-refractivity contribution >= 4 is 5.97 Å². The normalized spacial score (nSPS) is 20.1. The van der Waals surface area contributed by atoms with Gasteiger partial charge in [0.2, 0.25) is 0 Å². The zero-order valence-corrected chi connectivity index (χ0v) is 13.7. The van der Waals surface area contributed by atoms with Gasteiger partial charge >= 0.3 is 5.97 Å². The van der Waals surface area contributed by atoms with E-state index in [0.717, 1.165) is 5.56 Å². The molecule has 1 aromatic rings. The van der Waals surface area contributed by atoms with Crippen molar-refractivity contribution in [2.45, 2.75) is 46.0 Å². The van der Waals surface area contributed by atoms with Crippen LogP contribution in [0, 0.1) is 5.41 Å². The molecule has 0 unspecified atom stereocenters. The molecule has 0 saturated carbocycles. The smallest absolute Gasteiger partial charge is 0.334 e. The molecular formula is C18H24O4. The van der Waals surface area contributed by atoms with E-state index >= 15 is 0 Å². The topological polar surface area (TPSA) is 44.8 Å². The second kappa shape index (κ2) is 6.97. The van der Waals surface area contributed by atoms with Gasteiger partial charge in [0, 0.05) is 6.42 Å². The van der Waals surface area contributed by atoms with Gasteiger partial charge in [-0.1, -0.05) is 51.1 Å². The standard InChI is InChI=1S/C18H24O4/c1-18(2,3)17(21-12-13-8-6-5-7-9-13)15-10-14(20-4)11-16(19)22-15/h5-9,11,15,17H,10,12H2,1-4H3/t15-,17+/m0/s1. The first kappa shape index (κ1) is 16.6. The highest BCUT2D eigenvalue weighted by Gasteiger charge is 2.38. The van der Waals surface area contributed by atoms with Crippen LogP contribution in [-0.4, -0.2) is 25.3 Å². The molecule has 0 radical (unpaired) electrons. The molecular weight excluding hydrogens is 280 g/mol. The Labute approximate surface area is 132 Å². The molecule has 22 heavy (non-hydrogen) atoms. The van der Waals surface area contributed by atoms with Crippen molar-refractivity contribution in [2.75, 3.05) is 7.11 Å².